The summed E-state index contributed by atoms with van der Waals surface area (Å²) in [5.41, 5.74) is 1.80. The smallest absolute Gasteiger partial charge is 0.312 e. The molecule has 0 bridgehead atoms. The highest BCUT2D eigenvalue weighted by Gasteiger charge is 2.12. The van der Waals surface area contributed by atoms with E-state index in [-0.39, 0.29) is 17.6 Å². The number of aromatic hydroxyl groups is 1. The van der Waals surface area contributed by atoms with E-state index < -0.39 is 0 Å². The van der Waals surface area contributed by atoms with Gasteiger partial charge in [0.25, 0.3) is 0 Å². The summed E-state index contributed by atoms with van der Waals surface area (Å²) in [5, 5.41) is 11.9. The maximum absolute atomic E-state index is 9.92. The molecule has 0 fully saturated rings. The van der Waals surface area contributed by atoms with Crippen LogP contribution in [0.15, 0.2) is 69.5 Å². The van der Waals surface area contributed by atoms with Gasteiger partial charge in [0.2, 0.25) is 11.8 Å². The number of rotatable bonds is 4. The van der Waals surface area contributed by atoms with Crippen LogP contribution < -0.4 is 0 Å². The van der Waals surface area contributed by atoms with Gasteiger partial charge in [0.15, 0.2) is 5.69 Å². The predicted molar refractivity (Wildman–Crippen MR) is 96.2 cm³/mol. The molecule has 0 atom stereocenters. The molecule has 0 aliphatic carbocycles. The van der Waals surface area contributed by atoms with E-state index in [4.69, 9.17) is 4.42 Å². The van der Waals surface area contributed by atoms with E-state index in [0.29, 0.717) is 5.89 Å². The maximum Gasteiger partial charge on any atom is 0.312 e. The van der Waals surface area contributed by atoms with E-state index in [1.54, 1.807) is 17.5 Å². The first-order valence-electron chi connectivity index (χ1n) is 7.46. The number of benzene rings is 1. The first-order chi connectivity index (χ1) is 12.3. The summed E-state index contributed by atoms with van der Waals surface area (Å²) in [6, 6.07) is 15.1. The van der Waals surface area contributed by atoms with Gasteiger partial charge in [-0.05, 0) is 29.6 Å². The zero-order valence-electron chi connectivity index (χ0n) is 12.9. The molecule has 4 rings (SSSR count). The van der Waals surface area contributed by atoms with Gasteiger partial charge in [0, 0.05) is 11.8 Å². The Kier molecular flexibility index (Phi) is 4.05. The average Bonchev–Trinajstić information content (AvgIpc) is 3.31. The van der Waals surface area contributed by atoms with Crippen LogP contribution in [0.25, 0.3) is 22.0 Å². The van der Waals surface area contributed by atoms with Crippen molar-refractivity contribution in [1.82, 2.24) is 15.0 Å². The zero-order chi connectivity index (χ0) is 17.1. The van der Waals surface area contributed by atoms with Gasteiger partial charge in [0.1, 0.15) is 0 Å². The standard InChI is InChI=1S/C18H12N4O2S/c23-17-14(21-16(24-17)12-5-2-1-3-6-12)11-20-18-19-9-8-13(22-18)15-7-4-10-25-15/h1-11,23H. The van der Waals surface area contributed by atoms with E-state index in [1.807, 2.05) is 53.9 Å². The van der Waals surface area contributed by atoms with Crippen LogP contribution in [0.1, 0.15) is 5.69 Å². The summed E-state index contributed by atoms with van der Waals surface area (Å²) >= 11 is 1.59. The molecule has 0 radical (unpaired) electrons. The van der Waals surface area contributed by atoms with Crippen LogP contribution in [0.4, 0.5) is 5.95 Å². The summed E-state index contributed by atoms with van der Waals surface area (Å²) in [6.45, 7) is 0. The van der Waals surface area contributed by atoms with Crippen molar-refractivity contribution in [1.29, 1.82) is 0 Å². The molecule has 0 aliphatic heterocycles. The molecule has 1 aromatic carbocycles. The number of aliphatic imine (C=N–C) groups is 1. The third kappa shape index (κ3) is 3.31. The molecule has 7 heteroatoms. The van der Waals surface area contributed by atoms with Crippen LogP contribution in [0.2, 0.25) is 0 Å². The lowest BCUT2D eigenvalue weighted by atomic mass is 10.2. The SMILES string of the molecule is Oc1oc(-c2ccccc2)nc1C=Nc1nccc(-c2cccs2)n1. The van der Waals surface area contributed by atoms with Gasteiger partial charge in [-0.1, -0.05) is 24.3 Å². The lowest BCUT2D eigenvalue weighted by molar-refractivity contribution is 0.337. The van der Waals surface area contributed by atoms with E-state index in [1.165, 1.54) is 6.21 Å². The lowest BCUT2D eigenvalue weighted by Gasteiger charge is -1.96. The number of oxazole rings is 1. The van der Waals surface area contributed by atoms with Crippen molar-refractivity contribution in [3.8, 4) is 28.0 Å². The number of thiophene rings is 1. The molecule has 0 amide bonds. The highest BCUT2D eigenvalue weighted by molar-refractivity contribution is 7.13. The molecule has 1 N–H and O–H groups in total. The molecular weight excluding hydrogens is 336 g/mol. The molecule has 3 aromatic heterocycles. The average molecular weight is 348 g/mol. The second-order valence-electron chi connectivity index (χ2n) is 5.05. The van der Waals surface area contributed by atoms with Crippen LogP contribution in [-0.4, -0.2) is 26.3 Å². The molecule has 3 heterocycles. The van der Waals surface area contributed by atoms with E-state index in [9.17, 15) is 5.11 Å². The Morgan fingerprint density at radius 2 is 1.92 bits per heavy atom. The second-order valence-corrected chi connectivity index (χ2v) is 6.00. The lowest BCUT2D eigenvalue weighted by Crippen LogP contribution is -1.87. The molecule has 25 heavy (non-hydrogen) atoms. The molecule has 6 nitrogen and oxygen atoms in total. The van der Waals surface area contributed by atoms with Gasteiger partial charge in [0.05, 0.1) is 16.8 Å². The van der Waals surface area contributed by atoms with Gasteiger partial charge in [-0.15, -0.1) is 11.3 Å². The normalized spacial score (nSPS) is 11.2. The molecule has 0 saturated heterocycles. The fraction of sp³-hybridized carbons (Fsp3) is 0. The van der Waals surface area contributed by atoms with Crippen LogP contribution in [0.5, 0.6) is 5.95 Å². The van der Waals surface area contributed by atoms with Crippen LogP contribution in [0, 0.1) is 0 Å². The fourth-order valence-corrected chi connectivity index (χ4v) is 2.90. The van der Waals surface area contributed by atoms with E-state index >= 15 is 0 Å². The van der Waals surface area contributed by atoms with Gasteiger partial charge in [-0.2, -0.15) is 0 Å². The minimum atomic E-state index is -0.294. The van der Waals surface area contributed by atoms with Crippen LogP contribution >= 0.6 is 11.3 Å². The minimum Gasteiger partial charge on any atom is -0.479 e. The largest absolute Gasteiger partial charge is 0.479 e. The van der Waals surface area contributed by atoms with Gasteiger partial charge in [-0.25, -0.2) is 19.9 Å². The third-order valence-electron chi connectivity index (χ3n) is 3.37. The number of aromatic nitrogens is 3. The Morgan fingerprint density at radius 1 is 1.04 bits per heavy atom. The van der Waals surface area contributed by atoms with Gasteiger partial charge < -0.3 is 9.52 Å². The summed E-state index contributed by atoms with van der Waals surface area (Å²) < 4.78 is 5.29. The molecular formula is C18H12N4O2S. The molecule has 0 saturated carbocycles. The van der Waals surface area contributed by atoms with Crippen molar-refractivity contribution >= 4 is 23.5 Å². The molecule has 0 spiro atoms. The third-order valence-corrected chi connectivity index (χ3v) is 4.27. The Morgan fingerprint density at radius 3 is 2.72 bits per heavy atom. The van der Waals surface area contributed by atoms with Gasteiger partial charge >= 0.3 is 5.95 Å². The number of hydrogen-bond acceptors (Lipinski definition) is 7. The first kappa shape index (κ1) is 15.2. The van der Waals surface area contributed by atoms with Crippen molar-refractivity contribution in [2.75, 3.05) is 0 Å². The summed E-state index contributed by atoms with van der Waals surface area (Å²) in [4.78, 5) is 18.0. The van der Waals surface area contributed by atoms with E-state index in [2.05, 4.69) is 19.9 Å². The second kappa shape index (κ2) is 6.66. The monoisotopic (exact) mass is 348 g/mol. The number of nitrogens with zero attached hydrogens (tertiary/aromatic N) is 4. The van der Waals surface area contributed by atoms with Crippen molar-refractivity contribution in [2.45, 2.75) is 0 Å². The predicted octanol–water partition coefficient (Wildman–Crippen LogP) is 4.32. The van der Waals surface area contributed by atoms with Crippen molar-refractivity contribution in [3.63, 3.8) is 0 Å². The Bertz CT molecular complexity index is 1010. The maximum atomic E-state index is 9.92. The molecule has 0 unspecified atom stereocenters. The highest BCUT2D eigenvalue weighted by Crippen LogP contribution is 2.26. The Hall–Kier alpha value is -3.32. The van der Waals surface area contributed by atoms with E-state index in [0.717, 1.165) is 16.1 Å². The molecule has 0 aliphatic rings. The quantitative estimate of drug-likeness (QED) is 0.555. The number of hydrogen-bond donors (Lipinski definition) is 1. The van der Waals surface area contributed by atoms with Gasteiger partial charge in [-0.3, -0.25) is 0 Å². The van der Waals surface area contributed by atoms with Crippen LogP contribution in [-0.2, 0) is 0 Å². The van der Waals surface area contributed by atoms with Crippen LogP contribution in [0.3, 0.4) is 0 Å². The van der Waals surface area contributed by atoms with Crippen molar-refractivity contribution in [3.05, 3.63) is 65.8 Å². The topological polar surface area (TPSA) is 84.4 Å². The van der Waals surface area contributed by atoms with Crippen molar-refractivity contribution in [2.24, 2.45) is 4.99 Å². The minimum absolute atomic E-state index is 0.226. The Balaban J connectivity index is 1.60. The van der Waals surface area contributed by atoms with Crippen molar-refractivity contribution < 1.29 is 9.52 Å². The summed E-state index contributed by atoms with van der Waals surface area (Å²) in [5.74, 6) is 0.319. The fourth-order valence-electron chi connectivity index (χ4n) is 2.20. The molecule has 122 valence electrons. The highest BCUT2D eigenvalue weighted by atomic mass is 32.1. The summed E-state index contributed by atoms with van der Waals surface area (Å²) in [7, 11) is 0. The molecule has 4 aromatic rings. The first-order valence-corrected chi connectivity index (χ1v) is 8.34. The summed E-state index contributed by atoms with van der Waals surface area (Å²) in [6.07, 6.45) is 3.03. The Labute approximate surface area is 147 Å². The zero-order valence-corrected chi connectivity index (χ0v) is 13.7.